The largest absolute Gasteiger partial charge is 0.385 e. The molecule has 0 spiro atoms. The molecule has 1 heterocycles. The number of piperidine rings is 1. The Hall–Kier alpha value is -2.26. The summed E-state index contributed by atoms with van der Waals surface area (Å²) in [7, 11) is 0. The van der Waals surface area contributed by atoms with Crippen LogP contribution in [0.3, 0.4) is 0 Å². The summed E-state index contributed by atoms with van der Waals surface area (Å²) in [6, 6.07) is 19.3. The molecule has 4 rings (SSSR count). The van der Waals surface area contributed by atoms with Gasteiger partial charge in [0.2, 0.25) is 0 Å². The lowest BCUT2D eigenvalue weighted by Crippen LogP contribution is -2.43. The Morgan fingerprint density at radius 1 is 1.00 bits per heavy atom. The first kappa shape index (κ1) is 20.5. The van der Waals surface area contributed by atoms with Crippen molar-refractivity contribution in [3.05, 3.63) is 71.3 Å². The Labute approximate surface area is 167 Å². The summed E-state index contributed by atoms with van der Waals surface area (Å²) in [5, 5.41) is 11.0. The van der Waals surface area contributed by atoms with Crippen LogP contribution in [0.5, 0.6) is 0 Å². The molecule has 0 bridgehead atoms. The molecule has 1 aliphatic heterocycles. The molecule has 148 valence electrons. The molecule has 0 radical (unpaired) electrons. The standard InChI is InChI=1S/C23H29NO.CO2/c1-18-8-10-19(11-9-18)22(2)16-21(22)17-24-14-12-23(25,13-15-24)20-6-4-3-5-7-20;2-1-3/h3-11,21,25H,12-17H2,1-2H3;/t21-,22-;/m0./s1. The molecule has 0 amide bonds. The Morgan fingerprint density at radius 3 is 2.14 bits per heavy atom. The van der Waals surface area contributed by atoms with Crippen LogP contribution in [-0.2, 0) is 20.6 Å². The van der Waals surface area contributed by atoms with Crippen LogP contribution in [-0.4, -0.2) is 35.8 Å². The quantitative estimate of drug-likeness (QED) is 0.881. The van der Waals surface area contributed by atoms with E-state index in [9.17, 15) is 5.11 Å². The monoisotopic (exact) mass is 379 g/mol. The number of aliphatic hydroxyl groups is 1. The third kappa shape index (κ3) is 4.41. The molecule has 0 aromatic heterocycles. The van der Waals surface area contributed by atoms with Gasteiger partial charge in [0.15, 0.2) is 0 Å². The second kappa shape index (κ2) is 8.40. The first-order chi connectivity index (χ1) is 13.4. The zero-order valence-electron chi connectivity index (χ0n) is 16.7. The van der Waals surface area contributed by atoms with Gasteiger partial charge in [-0.2, -0.15) is 9.59 Å². The van der Waals surface area contributed by atoms with Crippen LogP contribution in [0.4, 0.5) is 0 Å². The van der Waals surface area contributed by atoms with E-state index in [1.54, 1.807) is 0 Å². The minimum atomic E-state index is -0.637. The first-order valence-corrected chi connectivity index (χ1v) is 9.98. The number of nitrogens with zero attached hydrogens (tertiary/aromatic N) is 1. The van der Waals surface area contributed by atoms with Crippen LogP contribution in [0.1, 0.15) is 42.9 Å². The molecule has 1 saturated carbocycles. The summed E-state index contributed by atoms with van der Waals surface area (Å²) in [4.78, 5) is 18.8. The molecule has 1 saturated heterocycles. The van der Waals surface area contributed by atoms with Crippen molar-refractivity contribution < 1.29 is 14.7 Å². The average Bonchev–Trinajstić information content (AvgIpc) is 3.36. The molecular formula is C24H29NO3. The molecule has 4 heteroatoms. The number of aryl methyl sites for hydroxylation is 1. The van der Waals surface area contributed by atoms with E-state index in [0.717, 1.165) is 44.0 Å². The summed E-state index contributed by atoms with van der Waals surface area (Å²) >= 11 is 0. The van der Waals surface area contributed by atoms with Gasteiger partial charge in [0.1, 0.15) is 0 Å². The average molecular weight is 380 g/mol. The van der Waals surface area contributed by atoms with Crippen molar-refractivity contribution in [3.8, 4) is 0 Å². The minimum absolute atomic E-state index is 0.250. The van der Waals surface area contributed by atoms with E-state index >= 15 is 0 Å². The summed E-state index contributed by atoms with van der Waals surface area (Å²) < 4.78 is 0. The van der Waals surface area contributed by atoms with E-state index in [2.05, 4.69) is 55.1 Å². The van der Waals surface area contributed by atoms with Gasteiger partial charge >= 0.3 is 6.15 Å². The normalized spacial score (nSPS) is 25.9. The Balaban J connectivity index is 0.000000706. The molecule has 2 aliphatic rings. The molecule has 1 N–H and O–H groups in total. The van der Waals surface area contributed by atoms with Crippen LogP contribution < -0.4 is 0 Å². The van der Waals surface area contributed by atoms with E-state index in [4.69, 9.17) is 9.59 Å². The maximum Gasteiger partial charge on any atom is 0.373 e. The zero-order chi connectivity index (χ0) is 20.2. The minimum Gasteiger partial charge on any atom is -0.385 e. The van der Waals surface area contributed by atoms with Crippen molar-refractivity contribution in [2.75, 3.05) is 19.6 Å². The van der Waals surface area contributed by atoms with Crippen LogP contribution >= 0.6 is 0 Å². The number of carbonyl (C=O) groups excluding carboxylic acids is 2. The molecule has 28 heavy (non-hydrogen) atoms. The number of rotatable bonds is 4. The highest BCUT2D eigenvalue weighted by atomic mass is 16.3. The summed E-state index contributed by atoms with van der Waals surface area (Å²) in [6.07, 6.45) is 3.21. The highest BCUT2D eigenvalue weighted by Gasteiger charge is 2.51. The highest BCUT2D eigenvalue weighted by molar-refractivity contribution is 5.34. The molecule has 2 fully saturated rings. The fourth-order valence-electron chi connectivity index (χ4n) is 4.46. The molecule has 4 nitrogen and oxygen atoms in total. The van der Waals surface area contributed by atoms with Crippen LogP contribution in [0, 0.1) is 12.8 Å². The third-order valence-corrected chi connectivity index (χ3v) is 6.60. The topological polar surface area (TPSA) is 57.6 Å². The van der Waals surface area contributed by atoms with Gasteiger partial charge in [0, 0.05) is 19.6 Å². The van der Waals surface area contributed by atoms with Gasteiger partial charge in [0.25, 0.3) is 0 Å². The van der Waals surface area contributed by atoms with Gasteiger partial charge in [0.05, 0.1) is 5.60 Å². The predicted octanol–water partition coefficient (Wildman–Crippen LogP) is 3.67. The first-order valence-electron chi connectivity index (χ1n) is 9.98. The number of benzene rings is 2. The molecule has 2 atom stereocenters. The Morgan fingerprint density at radius 2 is 1.57 bits per heavy atom. The molecular weight excluding hydrogens is 350 g/mol. The van der Waals surface area contributed by atoms with E-state index in [1.807, 2.05) is 18.2 Å². The Bertz CT molecular complexity index is 804. The smallest absolute Gasteiger partial charge is 0.373 e. The van der Waals surface area contributed by atoms with E-state index in [-0.39, 0.29) is 6.15 Å². The maximum atomic E-state index is 11.0. The van der Waals surface area contributed by atoms with Crippen LogP contribution in [0.2, 0.25) is 0 Å². The fourth-order valence-corrected chi connectivity index (χ4v) is 4.46. The number of hydrogen-bond donors (Lipinski definition) is 1. The van der Waals surface area contributed by atoms with Crippen molar-refractivity contribution in [2.45, 2.75) is 44.1 Å². The summed E-state index contributed by atoms with van der Waals surface area (Å²) in [5.41, 5.74) is 3.61. The van der Waals surface area contributed by atoms with Gasteiger partial charge < -0.3 is 10.0 Å². The lowest BCUT2D eigenvalue weighted by Gasteiger charge is -2.39. The van der Waals surface area contributed by atoms with E-state index in [0.29, 0.717) is 5.41 Å². The lowest BCUT2D eigenvalue weighted by molar-refractivity contribution is -0.191. The second-order valence-corrected chi connectivity index (χ2v) is 8.47. The van der Waals surface area contributed by atoms with Gasteiger partial charge in [-0.1, -0.05) is 67.1 Å². The molecule has 0 unspecified atom stereocenters. The fraction of sp³-hybridized carbons (Fsp3) is 0.458. The van der Waals surface area contributed by atoms with Crippen molar-refractivity contribution in [1.82, 2.24) is 4.90 Å². The van der Waals surface area contributed by atoms with Gasteiger partial charge in [-0.05, 0) is 48.6 Å². The van der Waals surface area contributed by atoms with Crippen molar-refractivity contribution in [3.63, 3.8) is 0 Å². The van der Waals surface area contributed by atoms with Gasteiger partial charge in [-0.3, -0.25) is 0 Å². The number of likely N-dealkylation sites (tertiary alicyclic amines) is 1. The summed E-state index contributed by atoms with van der Waals surface area (Å²) in [5.74, 6) is 0.748. The van der Waals surface area contributed by atoms with Gasteiger partial charge in [-0.15, -0.1) is 0 Å². The van der Waals surface area contributed by atoms with Crippen molar-refractivity contribution in [1.29, 1.82) is 0 Å². The van der Waals surface area contributed by atoms with Gasteiger partial charge in [-0.25, -0.2) is 0 Å². The van der Waals surface area contributed by atoms with Crippen LogP contribution in [0.15, 0.2) is 54.6 Å². The Kier molecular flexibility index (Phi) is 6.14. The lowest BCUT2D eigenvalue weighted by atomic mass is 9.84. The maximum absolute atomic E-state index is 11.0. The summed E-state index contributed by atoms with van der Waals surface area (Å²) in [6.45, 7) is 7.71. The van der Waals surface area contributed by atoms with Crippen molar-refractivity contribution >= 4 is 6.15 Å². The van der Waals surface area contributed by atoms with E-state index < -0.39 is 5.60 Å². The molecule has 2 aromatic carbocycles. The molecule has 1 aliphatic carbocycles. The highest BCUT2D eigenvalue weighted by Crippen LogP contribution is 2.54. The molecule has 2 aromatic rings. The predicted molar refractivity (Wildman–Crippen MR) is 108 cm³/mol. The zero-order valence-corrected chi connectivity index (χ0v) is 16.7. The third-order valence-electron chi connectivity index (χ3n) is 6.60. The van der Waals surface area contributed by atoms with Crippen LogP contribution in [0.25, 0.3) is 0 Å². The second-order valence-electron chi connectivity index (χ2n) is 8.47. The van der Waals surface area contributed by atoms with E-state index in [1.165, 1.54) is 17.5 Å². The van der Waals surface area contributed by atoms with Crippen molar-refractivity contribution in [2.24, 2.45) is 5.92 Å². The number of hydrogen-bond acceptors (Lipinski definition) is 4. The SMILES string of the molecule is Cc1ccc([C@]2(C)C[C@H]2CN2CCC(O)(c3ccccc3)CC2)cc1.O=C=O.